The van der Waals surface area contributed by atoms with Gasteiger partial charge in [-0.2, -0.15) is 23.3 Å². The van der Waals surface area contributed by atoms with E-state index in [1.807, 2.05) is 0 Å². The van der Waals surface area contributed by atoms with Crippen molar-refractivity contribution in [3.05, 3.63) is 39.9 Å². The lowest BCUT2D eigenvalue weighted by Gasteiger charge is -2.32. The average molecular weight is 385 g/mol. The van der Waals surface area contributed by atoms with E-state index < -0.39 is 34.8 Å². The summed E-state index contributed by atoms with van der Waals surface area (Å²) in [5, 5.41) is 25.1. The Labute approximate surface area is 152 Å². The van der Waals surface area contributed by atoms with E-state index in [-0.39, 0.29) is 22.2 Å². The predicted molar refractivity (Wildman–Crippen MR) is 88.9 cm³/mol. The zero-order chi connectivity index (χ0) is 19.8. The Morgan fingerprint density at radius 1 is 1.30 bits per heavy atom. The number of benzene rings is 1. The Bertz CT molecular complexity index is 790. The van der Waals surface area contributed by atoms with Crippen LogP contribution in [-0.4, -0.2) is 38.6 Å². The highest BCUT2D eigenvalue weighted by Gasteiger charge is 2.63. The summed E-state index contributed by atoms with van der Waals surface area (Å²) in [6, 6.07) is 4.33. The fourth-order valence-corrected chi connectivity index (χ4v) is 3.54. The van der Waals surface area contributed by atoms with Crippen molar-refractivity contribution < 1.29 is 28.0 Å². The molecule has 1 aromatic carbocycles. The van der Waals surface area contributed by atoms with E-state index in [4.69, 9.17) is 0 Å². The van der Waals surface area contributed by atoms with Crippen molar-refractivity contribution in [3.8, 4) is 0 Å². The van der Waals surface area contributed by atoms with Gasteiger partial charge >= 0.3 is 6.18 Å². The van der Waals surface area contributed by atoms with Gasteiger partial charge in [0.05, 0.1) is 4.92 Å². The van der Waals surface area contributed by atoms with Gasteiger partial charge in [0.25, 0.3) is 17.3 Å². The van der Waals surface area contributed by atoms with E-state index in [0.29, 0.717) is 12.8 Å². The second-order valence-electron chi connectivity index (χ2n) is 6.84. The number of hydrogen-bond acceptors (Lipinski definition) is 5. The molecule has 0 spiro atoms. The first kappa shape index (κ1) is 19.3. The van der Waals surface area contributed by atoms with Crippen LogP contribution in [0.2, 0.25) is 0 Å². The first-order valence-corrected chi connectivity index (χ1v) is 8.59. The highest BCUT2D eigenvalue weighted by molar-refractivity contribution is 5.99. The summed E-state index contributed by atoms with van der Waals surface area (Å²) in [6.07, 6.45) is -1.91. The summed E-state index contributed by atoms with van der Waals surface area (Å²) >= 11 is 0. The number of carbonyl (C=O) groups excluding carboxylic acids is 1. The smallest absolute Gasteiger partial charge is 0.362 e. The molecule has 1 heterocycles. The second-order valence-corrected chi connectivity index (χ2v) is 6.84. The standard InChI is InChI=1S/C17H18F3N3O4/c18-17(19,20)16(25)10-14(11-5-2-1-3-6-11)21-22(16)15(24)12-7-4-8-13(9-12)23(26)27/h4,7-9,11,25H,1-3,5-6,10H2. The van der Waals surface area contributed by atoms with Crippen LogP contribution in [0.1, 0.15) is 48.9 Å². The molecule has 0 aromatic heterocycles. The van der Waals surface area contributed by atoms with Gasteiger partial charge in [-0.1, -0.05) is 25.3 Å². The summed E-state index contributed by atoms with van der Waals surface area (Å²) in [5.41, 5.74) is -4.09. The lowest BCUT2D eigenvalue weighted by molar-refractivity contribution is -0.384. The Kier molecular flexibility index (Phi) is 4.94. The number of nitrogens with zero attached hydrogens (tertiary/aromatic N) is 3. The van der Waals surface area contributed by atoms with Gasteiger partial charge in [0, 0.05) is 29.8 Å². The lowest BCUT2D eigenvalue weighted by Crippen LogP contribution is -2.56. The van der Waals surface area contributed by atoms with Crippen molar-refractivity contribution in [2.24, 2.45) is 11.0 Å². The van der Waals surface area contributed by atoms with E-state index in [9.17, 15) is 33.2 Å². The Morgan fingerprint density at radius 3 is 2.56 bits per heavy atom. The normalized spacial score (nSPS) is 24.0. The van der Waals surface area contributed by atoms with Gasteiger partial charge in [-0.05, 0) is 24.8 Å². The number of nitro groups is 1. The topological polar surface area (TPSA) is 96.0 Å². The zero-order valence-corrected chi connectivity index (χ0v) is 14.3. The van der Waals surface area contributed by atoms with E-state index in [1.165, 1.54) is 6.07 Å². The third-order valence-corrected chi connectivity index (χ3v) is 5.03. The van der Waals surface area contributed by atoms with Crippen LogP contribution >= 0.6 is 0 Å². The summed E-state index contributed by atoms with van der Waals surface area (Å²) in [6.45, 7) is 0. The largest absolute Gasteiger partial charge is 0.438 e. The first-order valence-electron chi connectivity index (χ1n) is 8.59. The number of hydrogen-bond donors (Lipinski definition) is 1. The molecule has 1 N–H and O–H groups in total. The van der Waals surface area contributed by atoms with Gasteiger partial charge < -0.3 is 5.11 Å². The quantitative estimate of drug-likeness (QED) is 0.635. The molecular formula is C17H18F3N3O4. The average Bonchev–Trinajstić information content (AvgIpc) is 3.01. The molecule has 1 atom stereocenters. The molecule has 0 bridgehead atoms. The van der Waals surface area contributed by atoms with Crippen LogP contribution in [0.15, 0.2) is 29.4 Å². The molecule has 1 amide bonds. The van der Waals surface area contributed by atoms with Gasteiger partial charge in [0.2, 0.25) is 0 Å². The zero-order valence-electron chi connectivity index (χ0n) is 14.3. The fraction of sp³-hybridized carbons (Fsp3) is 0.529. The number of carbonyl (C=O) groups is 1. The number of halogens is 3. The van der Waals surface area contributed by atoms with Crippen LogP contribution in [0.5, 0.6) is 0 Å². The van der Waals surface area contributed by atoms with Crippen LogP contribution in [0.25, 0.3) is 0 Å². The summed E-state index contributed by atoms with van der Waals surface area (Å²) in [7, 11) is 0. The molecule has 146 valence electrons. The van der Waals surface area contributed by atoms with E-state index in [1.54, 1.807) is 0 Å². The molecule has 1 aliphatic heterocycles. The van der Waals surface area contributed by atoms with Crippen molar-refractivity contribution in [3.63, 3.8) is 0 Å². The molecule has 1 unspecified atom stereocenters. The molecule has 1 aliphatic carbocycles. The first-order chi connectivity index (χ1) is 12.6. The maximum absolute atomic E-state index is 13.6. The summed E-state index contributed by atoms with van der Waals surface area (Å²) in [5.74, 6) is -1.44. The Balaban J connectivity index is 1.97. The van der Waals surface area contributed by atoms with E-state index in [0.717, 1.165) is 37.5 Å². The van der Waals surface area contributed by atoms with Gasteiger partial charge in [-0.3, -0.25) is 14.9 Å². The van der Waals surface area contributed by atoms with Crippen LogP contribution in [0.4, 0.5) is 18.9 Å². The molecule has 10 heteroatoms. The van der Waals surface area contributed by atoms with Crippen LogP contribution in [0.3, 0.4) is 0 Å². The molecule has 0 saturated heterocycles. The molecule has 3 rings (SSSR count). The van der Waals surface area contributed by atoms with Crippen molar-refractivity contribution >= 4 is 17.3 Å². The minimum Gasteiger partial charge on any atom is -0.362 e. The molecule has 1 aromatic rings. The summed E-state index contributed by atoms with van der Waals surface area (Å²) < 4.78 is 40.8. The molecule has 7 nitrogen and oxygen atoms in total. The monoisotopic (exact) mass is 385 g/mol. The van der Waals surface area contributed by atoms with Crippen LogP contribution in [-0.2, 0) is 0 Å². The van der Waals surface area contributed by atoms with Crippen LogP contribution < -0.4 is 0 Å². The molecule has 0 radical (unpaired) electrons. The fourth-order valence-electron chi connectivity index (χ4n) is 3.54. The van der Waals surface area contributed by atoms with E-state index >= 15 is 0 Å². The minimum absolute atomic E-state index is 0.0377. The number of non-ortho nitro benzene ring substituents is 1. The van der Waals surface area contributed by atoms with E-state index in [2.05, 4.69) is 5.10 Å². The van der Waals surface area contributed by atoms with Crippen molar-refractivity contribution in [1.29, 1.82) is 0 Å². The molecular weight excluding hydrogens is 367 g/mol. The van der Waals surface area contributed by atoms with Gasteiger partial charge in [-0.15, -0.1) is 0 Å². The van der Waals surface area contributed by atoms with Crippen molar-refractivity contribution in [2.45, 2.75) is 50.4 Å². The van der Waals surface area contributed by atoms with Crippen molar-refractivity contribution in [1.82, 2.24) is 5.01 Å². The summed E-state index contributed by atoms with van der Waals surface area (Å²) in [4.78, 5) is 22.8. The van der Waals surface area contributed by atoms with Gasteiger partial charge in [-0.25, -0.2) is 0 Å². The highest BCUT2D eigenvalue weighted by atomic mass is 19.4. The molecule has 1 saturated carbocycles. The number of hydrazone groups is 1. The maximum atomic E-state index is 13.6. The Hall–Kier alpha value is -2.49. The SMILES string of the molecule is O=C(c1cccc([N+](=O)[O-])c1)N1N=C(C2CCCCC2)CC1(O)C(F)(F)F. The third kappa shape index (κ3) is 3.53. The predicted octanol–water partition coefficient (Wildman–Crippen LogP) is 3.63. The highest BCUT2D eigenvalue weighted by Crippen LogP contribution is 2.43. The lowest BCUT2D eigenvalue weighted by atomic mass is 9.83. The van der Waals surface area contributed by atoms with Crippen LogP contribution in [0, 0.1) is 16.0 Å². The van der Waals surface area contributed by atoms with Gasteiger partial charge in [0.1, 0.15) is 0 Å². The minimum atomic E-state index is -5.12. The second kappa shape index (κ2) is 6.91. The third-order valence-electron chi connectivity index (χ3n) is 5.03. The number of amides is 1. The molecule has 1 fully saturated rings. The number of aliphatic hydroxyl groups is 1. The van der Waals surface area contributed by atoms with Crippen molar-refractivity contribution in [2.75, 3.05) is 0 Å². The molecule has 27 heavy (non-hydrogen) atoms. The maximum Gasteiger partial charge on any atom is 0.438 e. The van der Waals surface area contributed by atoms with Gasteiger partial charge in [0.15, 0.2) is 0 Å². The molecule has 2 aliphatic rings. The number of nitro benzene ring substituents is 1. The Morgan fingerprint density at radius 2 is 1.96 bits per heavy atom. The number of alkyl halides is 3. The number of rotatable bonds is 3.